The quantitative estimate of drug-likeness (QED) is 0.341. The number of carbonyl (C=O) groups excluding carboxylic acids is 2. The summed E-state index contributed by atoms with van der Waals surface area (Å²) < 4.78 is 5.59. The molecule has 0 aromatic heterocycles. The molecule has 2 aromatic rings. The van der Waals surface area contributed by atoms with Crippen molar-refractivity contribution in [3.8, 4) is 0 Å². The number of Topliss-reactive ketones (excluding diaryl/α,β-unsaturated/α-hetero) is 1. The minimum atomic E-state index is -0.678. The number of amides is 1. The highest BCUT2D eigenvalue weighted by Crippen LogP contribution is 2.32. The van der Waals surface area contributed by atoms with Crippen molar-refractivity contribution in [1.29, 1.82) is 0 Å². The molecule has 0 saturated carbocycles. The van der Waals surface area contributed by atoms with Crippen molar-refractivity contribution in [3.63, 3.8) is 0 Å². The Bertz CT molecular complexity index is 810. The lowest BCUT2D eigenvalue weighted by atomic mass is 10.1. The second-order valence-electron chi connectivity index (χ2n) is 6.79. The van der Waals surface area contributed by atoms with E-state index in [1.54, 1.807) is 23.1 Å². The van der Waals surface area contributed by atoms with Gasteiger partial charge in [-0.1, -0.05) is 79.1 Å². The third-order valence-corrected chi connectivity index (χ3v) is 5.83. The zero-order valence-corrected chi connectivity index (χ0v) is 19.1. The first-order valence-corrected chi connectivity index (χ1v) is 11.0. The zero-order valence-electron chi connectivity index (χ0n) is 16.7. The average molecular weight is 454 g/mol. The monoisotopic (exact) mass is 453 g/mol. The Morgan fingerprint density at radius 3 is 2.24 bits per heavy atom. The molecule has 1 amide bonds. The van der Waals surface area contributed by atoms with Crippen LogP contribution in [0.4, 0.5) is 0 Å². The predicted octanol–water partition coefficient (Wildman–Crippen LogP) is 5.70. The Hall–Kier alpha value is -1.53. The molecule has 7 heteroatoms. The fraction of sp³-hybridized carbons (Fsp3) is 0.364. The van der Waals surface area contributed by atoms with Crippen molar-refractivity contribution in [2.75, 3.05) is 13.2 Å². The van der Waals surface area contributed by atoms with E-state index in [1.807, 2.05) is 51.1 Å². The topological polar surface area (TPSA) is 46.6 Å². The summed E-state index contributed by atoms with van der Waals surface area (Å²) in [6, 6.07) is 14.7. The molecule has 0 aliphatic carbocycles. The number of ketones is 1. The molecule has 0 fully saturated rings. The number of likely N-dealkylation sites (N-methyl/N-ethyl adjacent to an activating group) is 1. The van der Waals surface area contributed by atoms with Crippen molar-refractivity contribution in [3.05, 3.63) is 64.1 Å². The Labute approximate surface area is 186 Å². The number of rotatable bonds is 10. The molecule has 0 saturated heterocycles. The van der Waals surface area contributed by atoms with Gasteiger partial charge in [-0.15, -0.1) is 0 Å². The Kier molecular flexibility index (Phi) is 9.50. The number of hydrogen-bond donors (Lipinski definition) is 0. The van der Waals surface area contributed by atoms with Gasteiger partial charge in [0.05, 0.1) is 6.61 Å². The van der Waals surface area contributed by atoms with Gasteiger partial charge in [0, 0.05) is 27.4 Å². The third kappa shape index (κ3) is 7.34. The Morgan fingerprint density at radius 1 is 1.07 bits per heavy atom. The number of ether oxygens (including phenoxy) is 1. The van der Waals surface area contributed by atoms with E-state index in [4.69, 9.17) is 27.9 Å². The smallest absolute Gasteiger partial charge is 0.249 e. The van der Waals surface area contributed by atoms with Crippen LogP contribution in [0.3, 0.4) is 0 Å². The van der Waals surface area contributed by atoms with Gasteiger partial charge in [-0.25, -0.2) is 0 Å². The van der Waals surface area contributed by atoms with Crippen molar-refractivity contribution in [2.45, 2.75) is 37.6 Å². The van der Waals surface area contributed by atoms with Gasteiger partial charge in [0.2, 0.25) is 5.91 Å². The van der Waals surface area contributed by atoms with Crippen LogP contribution in [0.25, 0.3) is 0 Å². The molecule has 0 radical (unpaired) electrons. The van der Waals surface area contributed by atoms with Crippen molar-refractivity contribution in [1.82, 2.24) is 4.90 Å². The molecule has 0 aliphatic heterocycles. The molecular formula is C22H25Cl2NO3S. The molecule has 2 aromatic carbocycles. The van der Waals surface area contributed by atoms with Crippen LogP contribution < -0.4 is 0 Å². The van der Waals surface area contributed by atoms with E-state index < -0.39 is 5.37 Å². The van der Waals surface area contributed by atoms with E-state index >= 15 is 0 Å². The summed E-state index contributed by atoms with van der Waals surface area (Å²) in [5.41, 5.74) is 0.987. The number of thioether (sulfide) groups is 1. The largest absolute Gasteiger partial charge is 0.367 e. The van der Waals surface area contributed by atoms with Crippen LogP contribution >= 0.6 is 35.0 Å². The molecule has 1 unspecified atom stereocenters. The number of hydrogen-bond acceptors (Lipinski definition) is 4. The molecule has 0 bridgehead atoms. The highest BCUT2D eigenvalue weighted by molar-refractivity contribution is 8.00. The number of carbonyl (C=O) groups is 2. The van der Waals surface area contributed by atoms with Crippen molar-refractivity contribution >= 4 is 46.7 Å². The van der Waals surface area contributed by atoms with E-state index in [9.17, 15) is 9.59 Å². The normalized spacial score (nSPS) is 12.1. The minimum Gasteiger partial charge on any atom is -0.367 e. The van der Waals surface area contributed by atoms with Gasteiger partial charge in [0.15, 0.2) is 5.78 Å². The first-order valence-electron chi connectivity index (χ1n) is 9.39. The SMILES string of the molecule is CCN(C(=O)COCc1ccccc1)C(Sc1cc(Cl)cc(Cl)c1)C(=O)C(C)C. The molecule has 2 rings (SSSR count). The summed E-state index contributed by atoms with van der Waals surface area (Å²) in [6.07, 6.45) is 0. The summed E-state index contributed by atoms with van der Waals surface area (Å²) in [5, 5.41) is 0.287. The van der Waals surface area contributed by atoms with Gasteiger partial charge in [-0.05, 0) is 30.7 Å². The second-order valence-corrected chi connectivity index (χ2v) is 8.82. The maximum absolute atomic E-state index is 12.9. The van der Waals surface area contributed by atoms with Crippen LogP contribution in [-0.2, 0) is 20.9 Å². The van der Waals surface area contributed by atoms with Gasteiger partial charge in [0.1, 0.15) is 12.0 Å². The molecule has 0 aliphatic rings. The average Bonchev–Trinajstić information content (AvgIpc) is 2.67. The Morgan fingerprint density at radius 2 is 1.69 bits per heavy atom. The highest BCUT2D eigenvalue weighted by Gasteiger charge is 2.31. The minimum absolute atomic E-state index is 0.0376. The first kappa shape index (κ1) is 23.7. The van der Waals surface area contributed by atoms with E-state index in [1.165, 1.54) is 11.8 Å². The van der Waals surface area contributed by atoms with Crippen LogP contribution in [0.1, 0.15) is 26.3 Å². The van der Waals surface area contributed by atoms with E-state index in [-0.39, 0.29) is 24.2 Å². The van der Waals surface area contributed by atoms with Gasteiger partial charge < -0.3 is 9.64 Å². The highest BCUT2D eigenvalue weighted by atomic mass is 35.5. The molecule has 0 N–H and O–H groups in total. The van der Waals surface area contributed by atoms with Gasteiger partial charge >= 0.3 is 0 Å². The molecule has 1 atom stereocenters. The fourth-order valence-electron chi connectivity index (χ4n) is 2.67. The fourth-order valence-corrected chi connectivity index (χ4v) is 4.76. The summed E-state index contributed by atoms with van der Waals surface area (Å²) in [7, 11) is 0. The van der Waals surface area contributed by atoms with Crippen LogP contribution in [-0.4, -0.2) is 35.1 Å². The zero-order chi connectivity index (χ0) is 21.4. The van der Waals surface area contributed by atoms with Crippen LogP contribution in [0.15, 0.2) is 53.4 Å². The van der Waals surface area contributed by atoms with Crippen molar-refractivity contribution < 1.29 is 14.3 Å². The summed E-state index contributed by atoms with van der Waals surface area (Å²) >= 11 is 13.5. The van der Waals surface area contributed by atoms with E-state index in [0.717, 1.165) is 10.5 Å². The number of benzene rings is 2. The molecule has 0 spiro atoms. The molecule has 29 heavy (non-hydrogen) atoms. The molecule has 156 valence electrons. The standard InChI is InChI=1S/C22H25Cl2NO3S/c1-4-25(20(26)14-28-13-16-8-6-5-7-9-16)22(21(27)15(2)3)29-19-11-17(23)10-18(24)12-19/h5-12,15,22H,4,13-14H2,1-3H3. The summed E-state index contributed by atoms with van der Waals surface area (Å²) in [5.74, 6) is -0.498. The Balaban J connectivity index is 2.13. The number of halogens is 2. The maximum atomic E-state index is 12.9. The molecular weight excluding hydrogens is 429 g/mol. The van der Waals surface area contributed by atoms with E-state index in [2.05, 4.69) is 0 Å². The maximum Gasteiger partial charge on any atom is 0.249 e. The summed E-state index contributed by atoms with van der Waals surface area (Å²) in [4.78, 5) is 28.0. The first-order chi connectivity index (χ1) is 13.8. The second kappa shape index (κ2) is 11.6. The van der Waals surface area contributed by atoms with Gasteiger partial charge in [-0.2, -0.15) is 0 Å². The van der Waals surface area contributed by atoms with Crippen LogP contribution in [0.5, 0.6) is 0 Å². The molecule has 4 nitrogen and oxygen atoms in total. The van der Waals surface area contributed by atoms with Gasteiger partial charge in [-0.3, -0.25) is 9.59 Å². The van der Waals surface area contributed by atoms with Crippen LogP contribution in [0.2, 0.25) is 10.0 Å². The lowest BCUT2D eigenvalue weighted by Crippen LogP contribution is -2.46. The molecule has 0 heterocycles. The summed E-state index contributed by atoms with van der Waals surface area (Å²) in [6.45, 7) is 6.13. The lowest BCUT2D eigenvalue weighted by molar-refractivity contribution is -0.141. The third-order valence-electron chi connectivity index (χ3n) is 4.18. The van der Waals surface area contributed by atoms with Crippen molar-refractivity contribution in [2.24, 2.45) is 5.92 Å². The van der Waals surface area contributed by atoms with Crippen LogP contribution in [0, 0.1) is 5.92 Å². The predicted molar refractivity (Wildman–Crippen MR) is 119 cm³/mol. The van der Waals surface area contributed by atoms with E-state index in [0.29, 0.717) is 23.2 Å². The van der Waals surface area contributed by atoms with Gasteiger partial charge in [0.25, 0.3) is 0 Å². The number of nitrogens with zero attached hydrogens (tertiary/aromatic N) is 1. The lowest BCUT2D eigenvalue weighted by Gasteiger charge is -2.30.